The highest BCUT2D eigenvalue weighted by Crippen LogP contribution is 2.19. The smallest absolute Gasteiger partial charge is 0.152 e. The Labute approximate surface area is 142 Å². The summed E-state index contributed by atoms with van der Waals surface area (Å²) >= 11 is 0. The number of benzene rings is 1. The number of carbonyl (C=O) groups is 1. The summed E-state index contributed by atoms with van der Waals surface area (Å²) in [4.78, 5) is 15.3. The summed E-state index contributed by atoms with van der Waals surface area (Å²) in [5, 5.41) is 0. The van der Waals surface area contributed by atoms with Crippen molar-refractivity contribution in [3.8, 4) is 0 Å². The second kappa shape index (κ2) is 8.79. The van der Waals surface area contributed by atoms with E-state index in [4.69, 9.17) is 4.74 Å². The van der Waals surface area contributed by atoms with Gasteiger partial charge in [0, 0.05) is 38.8 Å². The average molecular weight is 351 g/mol. The number of nitrogens with zero attached hydrogens (tertiary/aromatic N) is 2. The first-order valence-corrected chi connectivity index (χ1v) is 7.04. The molecule has 0 aromatic heterocycles. The van der Waals surface area contributed by atoms with Crippen LogP contribution in [0.25, 0.3) is 0 Å². The molecule has 2 saturated heterocycles. The molecule has 0 atom stereocenters. The summed E-state index contributed by atoms with van der Waals surface area (Å²) in [6.45, 7) is 6.48. The topological polar surface area (TPSA) is 32.8 Å². The molecule has 0 spiro atoms. The molecule has 7 heteroatoms. The lowest BCUT2D eigenvalue weighted by Crippen LogP contribution is -2.60. The normalized spacial score (nSPS) is 19.7. The molecule has 0 aliphatic carbocycles. The van der Waals surface area contributed by atoms with Gasteiger partial charge in [0.15, 0.2) is 6.29 Å². The van der Waals surface area contributed by atoms with Crippen molar-refractivity contribution in [1.29, 1.82) is 0 Å². The Hall–Kier alpha value is -0.720. The minimum atomic E-state index is -0.428. The first-order chi connectivity index (χ1) is 9.76. The highest BCUT2D eigenvalue weighted by Gasteiger charge is 2.32. The highest BCUT2D eigenvalue weighted by atomic mass is 35.5. The minimum Gasteiger partial charge on any atom is -0.379 e. The number of aldehydes is 1. The number of ether oxygens (including phenoxy) is 1. The van der Waals surface area contributed by atoms with Crippen LogP contribution in [-0.2, 0) is 11.3 Å². The van der Waals surface area contributed by atoms with E-state index in [2.05, 4.69) is 9.80 Å². The zero-order valence-electron chi connectivity index (χ0n) is 12.2. The van der Waals surface area contributed by atoms with Crippen LogP contribution in [0.2, 0.25) is 0 Å². The molecule has 0 bridgehead atoms. The molecule has 0 unspecified atom stereocenters. The number of likely N-dealkylation sites (tertiary alicyclic amines) is 1. The van der Waals surface area contributed by atoms with Gasteiger partial charge >= 0.3 is 0 Å². The Balaban J connectivity index is 0.00000121. The Kier molecular flexibility index (Phi) is 7.72. The van der Waals surface area contributed by atoms with Gasteiger partial charge in [0.25, 0.3) is 0 Å². The highest BCUT2D eigenvalue weighted by molar-refractivity contribution is 5.85. The quantitative estimate of drug-likeness (QED) is 0.777. The summed E-state index contributed by atoms with van der Waals surface area (Å²) in [5.41, 5.74) is 1.05. The van der Waals surface area contributed by atoms with E-state index in [0.29, 0.717) is 12.3 Å². The number of hydrogen-bond donors (Lipinski definition) is 0. The summed E-state index contributed by atoms with van der Waals surface area (Å²) in [7, 11) is 0. The van der Waals surface area contributed by atoms with Crippen molar-refractivity contribution >= 4 is 31.1 Å². The van der Waals surface area contributed by atoms with Crippen molar-refractivity contribution < 1.29 is 13.9 Å². The summed E-state index contributed by atoms with van der Waals surface area (Å²) in [6, 6.07) is 5.45. The van der Waals surface area contributed by atoms with E-state index < -0.39 is 5.82 Å². The van der Waals surface area contributed by atoms with E-state index in [1.165, 1.54) is 6.07 Å². The van der Waals surface area contributed by atoms with Crippen molar-refractivity contribution in [3.05, 3.63) is 35.1 Å². The minimum absolute atomic E-state index is 0. The van der Waals surface area contributed by atoms with Crippen LogP contribution in [0.5, 0.6) is 0 Å². The molecule has 2 aliphatic rings. The van der Waals surface area contributed by atoms with Gasteiger partial charge in [-0.15, -0.1) is 24.8 Å². The van der Waals surface area contributed by atoms with Crippen LogP contribution in [0.3, 0.4) is 0 Å². The Morgan fingerprint density at radius 2 is 1.91 bits per heavy atom. The Morgan fingerprint density at radius 3 is 2.50 bits per heavy atom. The number of carbonyl (C=O) groups excluding carboxylic acids is 1. The summed E-state index contributed by atoms with van der Waals surface area (Å²) in [6.07, 6.45) is 0.553. The van der Waals surface area contributed by atoms with Crippen LogP contribution >= 0.6 is 24.8 Å². The monoisotopic (exact) mass is 350 g/mol. The Morgan fingerprint density at radius 1 is 1.23 bits per heavy atom. The fraction of sp³-hybridized carbons (Fsp3) is 0.533. The Bertz CT molecular complexity index is 492. The van der Waals surface area contributed by atoms with Gasteiger partial charge in [-0.05, 0) is 17.7 Å². The molecule has 22 heavy (non-hydrogen) atoms. The summed E-state index contributed by atoms with van der Waals surface area (Å²) in [5.74, 6) is -0.428. The van der Waals surface area contributed by atoms with Gasteiger partial charge in [-0.25, -0.2) is 4.39 Å². The fourth-order valence-corrected chi connectivity index (χ4v) is 2.87. The molecular formula is C15H21Cl2FN2O2. The van der Waals surface area contributed by atoms with Crippen LogP contribution < -0.4 is 0 Å². The summed E-state index contributed by atoms with van der Waals surface area (Å²) < 4.78 is 18.9. The number of morpholine rings is 1. The van der Waals surface area contributed by atoms with Gasteiger partial charge in [-0.2, -0.15) is 0 Å². The maximum absolute atomic E-state index is 13.5. The second-order valence-electron chi connectivity index (χ2n) is 5.47. The molecule has 0 N–H and O–H groups in total. The number of rotatable bonds is 4. The standard InChI is InChI=1S/C15H19FN2O2.2ClH/c16-15-7-12(1-2-13(15)11-19)8-17-9-14(10-17)18-3-5-20-6-4-18;;/h1-2,7,11,14H,3-6,8-10H2;2*1H. The van der Waals surface area contributed by atoms with E-state index in [-0.39, 0.29) is 30.4 Å². The molecule has 2 heterocycles. The van der Waals surface area contributed by atoms with E-state index >= 15 is 0 Å². The lowest BCUT2D eigenvalue weighted by Gasteiger charge is -2.46. The molecule has 2 fully saturated rings. The molecule has 2 aliphatic heterocycles. The molecule has 0 saturated carbocycles. The van der Waals surface area contributed by atoms with Crippen molar-refractivity contribution in [3.63, 3.8) is 0 Å². The molecule has 3 rings (SSSR count). The SMILES string of the molecule is Cl.Cl.O=Cc1ccc(CN2CC(N3CCOCC3)C2)cc1F. The largest absolute Gasteiger partial charge is 0.379 e. The van der Waals surface area contributed by atoms with Crippen molar-refractivity contribution in [2.75, 3.05) is 39.4 Å². The zero-order chi connectivity index (χ0) is 13.9. The lowest BCUT2D eigenvalue weighted by molar-refractivity contribution is -0.0344. The van der Waals surface area contributed by atoms with Crippen molar-refractivity contribution in [1.82, 2.24) is 9.80 Å². The van der Waals surface area contributed by atoms with Gasteiger partial charge in [0.05, 0.1) is 18.8 Å². The molecule has 0 radical (unpaired) electrons. The van der Waals surface area contributed by atoms with Gasteiger partial charge in [-0.3, -0.25) is 14.6 Å². The van der Waals surface area contributed by atoms with Crippen LogP contribution in [0.15, 0.2) is 18.2 Å². The predicted octanol–water partition coefficient (Wildman–Crippen LogP) is 2.00. The average Bonchev–Trinajstić information content (AvgIpc) is 2.43. The first-order valence-electron chi connectivity index (χ1n) is 7.04. The lowest BCUT2D eigenvalue weighted by atomic mass is 10.0. The first kappa shape index (κ1) is 19.3. The fourth-order valence-electron chi connectivity index (χ4n) is 2.87. The third-order valence-corrected chi connectivity index (χ3v) is 4.10. The third kappa shape index (κ3) is 4.40. The van der Waals surface area contributed by atoms with E-state index in [9.17, 15) is 9.18 Å². The van der Waals surface area contributed by atoms with Crippen LogP contribution in [0.4, 0.5) is 4.39 Å². The number of hydrogen-bond acceptors (Lipinski definition) is 4. The van der Waals surface area contributed by atoms with E-state index in [1.807, 2.05) is 6.07 Å². The maximum Gasteiger partial charge on any atom is 0.152 e. The van der Waals surface area contributed by atoms with Crippen LogP contribution in [0, 0.1) is 5.82 Å². The van der Waals surface area contributed by atoms with Gasteiger partial charge in [0.2, 0.25) is 0 Å². The van der Waals surface area contributed by atoms with Crippen LogP contribution in [0.1, 0.15) is 15.9 Å². The number of halogens is 3. The van der Waals surface area contributed by atoms with Gasteiger partial charge < -0.3 is 4.74 Å². The molecule has 0 amide bonds. The second-order valence-corrected chi connectivity index (χ2v) is 5.47. The van der Waals surface area contributed by atoms with Crippen LogP contribution in [-0.4, -0.2) is 61.5 Å². The third-order valence-electron chi connectivity index (χ3n) is 4.10. The van der Waals surface area contributed by atoms with Crippen molar-refractivity contribution in [2.45, 2.75) is 12.6 Å². The molecule has 1 aromatic carbocycles. The van der Waals surface area contributed by atoms with E-state index in [0.717, 1.165) is 51.5 Å². The van der Waals surface area contributed by atoms with Crippen molar-refractivity contribution in [2.24, 2.45) is 0 Å². The molecule has 4 nitrogen and oxygen atoms in total. The van der Waals surface area contributed by atoms with E-state index in [1.54, 1.807) is 6.07 Å². The zero-order valence-corrected chi connectivity index (χ0v) is 13.9. The molecule has 124 valence electrons. The molecular weight excluding hydrogens is 330 g/mol. The van der Waals surface area contributed by atoms with Gasteiger partial charge in [-0.1, -0.05) is 6.07 Å². The van der Waals surface area contributed by atoms with Gasteiger partial charge in [0.1, 0.15) is 5.82 Å². The maximum atomic E-state index is 13.5. The molecule has 1 aromatic rings. The predicted molar refractivity (Wildman–Crippen MR) is 87.7 cm³/mol.